The highest BCUT2D eigenvalue weighted by molar-refractivity contribution is 5.94. The van der Waals surface area contributed by atoms with Crippen LogP contribution >= 0.6 is 0 Å². The van der Waals surface area contributed by atoms with Crippen LogP contribution in [0.1, 0.15) is 28.3 Å². The molecule has 1 aliphatic heterocycles. The number of ether oxygens (including phenoxy) is 1. The van der Waals surface area contributed by atoms with Crippen LogP contribution in [0, 0.1) is 11.7 Å². The van der Waals surface area contributed by atoms with Gasteiger partial charge in [-0.25, -0.2) is 4.39 Å². The highest BCUT2D eigenvalue weighted by atomic mass is 19.1. The predicted octanol–water partition coefficient (Wildman–Crippen LogP) is 2.83. The number of nitrogens with zero attached hydrogens (tertiary/aromatic N) is 1. The van der Waals surface area contributed by atoms with Crippen molar-refractivity contribution in [1.82, 2.24) is 10.2 Å². The molecular weight excluding hydrogens is 359 g/mol. The van der Waals surface area contributed by atoms with Gasteiger partial charge in [0.2, 0.25) is 5.91 Å². The van der Waals surface area contributed by atoms with Gasteiger partial charge in [-0.3, -0.25) is 9.59 Å². The van der Waals surface area contributed by atoms with Crippen LogP contribution < -0.4 is 5.32 Å². The second-order valence-electron chi connectivity index (χ2n) is 7.04. The Labute approximate surface area is 164 Å². The topological polar surface area (TPSA) is 58.6 Å². The SMILES string of the molecule is COCCNC(=O)C1CC(c2ccccc2)CN(C(=O)c2cccc(F)c2)C1. The molecule has 0 aliphatic carbocycles. The van der Waals surface area contributed by atoms with Crippen LogP contribution in [0.5, 0.6) is 0 Å². The Kier molecular flexibility index (Phi) is 6.76. The third-order valence-electron chi connectivity index (χ3n) is 5.06. The molecule has 5 nitrogen and oxygen atoms in total. The van der Waals surface area contributed by atoms with Gasteiger partial charge in [-0.05, 0) is 30.2 Å². The van der Waals surface area contributed by atoms with Gasteiger partial charge in [0.15, 0.2) is 0 Å². The van der Waals surface area contributed by atoms with Gasteiger partial charge in [-0.15, -0.1) is 0 Å². The van der Waals surface area contributed by atoms with Crippen molar-refractivity contribution in [2.24, 2.45) is 5.92 Å². The number of piperidine rings is 1. The van der Waals surface area contributed by atoms with Gasteiger partial charge in [-0.2, -0.15) is 0 Å². The molecule has 1 saturated heterocycles. The highest BCUT2D eigenvalue weighted by Crippen LogP contribution is 2.31. The molecule has 0 bridgehead atoms. The molecule has 6 heteroatoms. The Bertz CT molecular complexity index is 812. The van der Waals surface area contributed by atoms with E-state index in [4.69, 9.17) is 4.74 Å². The van der Waals surface area contributed by atoms with Gasteiger partial charge in [0, 0.05) is 38.2 Å². The molecule has 0 radical (unpaired) electrons. The molecule has 1 fully saturated rings. The van der Waals surface area contributed by atoms with Crippen LogP contribution in [-0.4, -0.2) is 50.1 Å². The van der Waals surface area contributed by atoms with Gasteiger partial charge in [0.05, 0.1) is 12.5 Å². The zero-order chi connectivity index (χ0) is 19.9. The molecule has 2 atom stereocenters. The van der Waals surface area contributed by atoms with Crippen LogP contribution in [0.15, 0.2) is 54.6 Å². The zero-order valence-corrected chi connectivity index (χ0v) is 15.9. The molecule has 28 heavy (non-hydrogen) atoms. The maximum absolute atomic E-state index is 13.6. The van der Waals surface area contributed by atoms with Gasteiger partial charge in [0.25, 0.3) is 5.91 Å². The van der Waals surface area contributed by atoms with E-state index in [1.165, 1.54) is 18.2 Å². The molecule has 0 spiro atoms. The first kappa shape index (κ1) is 20.0. The molecule has 2 unspecified atom stereocenters. The van der Waals surface area contributed by atoms with E-state index in [-0.39, 0.29) is 23.7 Å². The normalized spacial score (nSPS) is 19.3. The van der Waals surface area contributed by atoms with Crippen molar-refractivity contribution in [3.8, 4) is 0 Å². The molecule has 2 aromatic rings. The Hall–Kier alpha value is -2.73. The van der Waals surface area contributed by atoms with E-state index in [0.29, 0.717) is 38.2 Å². The Morgan fingerprint density at radius 3 is 2.64 bits per heavy atom. The number of rotatable bonds is 6. The molecule has 1 heterocycles. The lowest BCUT2D eigenvalue weighted by molar-refractivity contribution is -0.126. The average Bonchev–Trinajstić information content (AvgIpc) is 2.73. The first-order valence-electron chi connectivity index (χ1n) is 9.45. The third kappa shape index (κ3) is 4.95. The lowest BCUT2D eigenvalue weighted by atomic mass is 9.83. The van der Waals surface area contributed by atoms with E-state index in [9.17, 15) is 14.0 Å². The summed E-state index contributed by atoms with van der Waals surface area (Å²) in [4.78, 5) is 27.3. The summed E-state index contributed by atoms with van der Waals surface area (Å²) >= 11 is 0. The van der Waals surface area contributed by atoms with Gasteiger partial charge in [-0.1, -0.05) is 36.4 Å². The number of methoxy groups -OCH3 is 1. The zero-order valence-electron chi connectivity index (χ0n) is 15.9. The summed E-state index contributed by atoms with van der Waals surface area (Å²) in [5.41, 5.74) is 1.39. The highest BCUT2D eigenvalue weighted by Gasteiger charge is 2.34. The minimum absolute atomic E-state index is 0.0469. The summed E-state index contributed by atoms with van der Waals surface area (Å²) in [6.45, 7) is 1.69. The van der Waals surface area contributed by atoms with Gasteiger partial charge < -0.3 is 15.0 Å². The number of carbonyl (C=O) groups excluding carboxylic acids is 2. The van der Waals surface area contributed by atoms with E-state index in [1.807, 2.05) is 30.3 Å². The molecule has 0 saturated carbocycles. The smallest absolute Gasteiger partial charge is 0.253 e. The maximum atomic E-state index is 13.6. The van der Waals surface area contributed by atoms with Crippen molar-refractivity contribution in [3.05, 3.63) is 71.5 Å². The summed E-state index contributed by atoms with van der Waals surface area (Å²) in [6, 6.07) is 15.6. The molecular formula is C22H25FN2O3. The summed E-state index contributed by atoms with van der Waals surface area (Å²) in [5, 5.41) is 2.87. The van der Waals surface area contributed by atoms with Crippen LogP contribution in [0.2, 0.25) is 0 Å². The van der Waals surface area contributed by atoms with E-state index < -0.39 is 5.82 Å². The molecule has 3 rings (SSSR count). The number of hydrogen-bond donors (Lipinski definition) is 1. The fraction of sp³-hybridized carbons (Fsp3) is 0.364. The lowest BCUT2D eigenvalue weighted by Gasteiger charge is -2.37. The van der Waals surface area contributed by atoms with Crippen molar-refractivity contribution < 1.29 is 18.7 Å². The van der Waals surface area contributed by atoms with E-state index in [0.717, 1.165) is 5.56 Å². The van der Waals surface area contributed by atoms with Crippen molar-refractivity contribution in [2.45, 2.75) is 12.3 Å². The van der Waals surface area contributed by atoms with E-state index in [2.05, 4.69) is 5.32 Å². The van der Waals surface area contributed by atoms with E-state index >= 15 is 0 Å². The Morgan fingerprint density at radius 1 is 1.14 bits per heavy atom. The van der Waals surface area contributed by atoms with Crippen LogP contribution in [0.3, 0.4) is 0 Å². The summed E-state index contributed by atoms with van der Waals surface area (Å²) < 4.78 is 18.6. The largest absolute Gasteiger partial charge is 0.383 e. The maximum Gasteiger partial charge on any atom is 0.253 e. The number of benzene rings is 2. The third-order valence-corrected chi connectivity index (χ3v) is 5.06. The average molecular weight is 384 g/mol. The first-order chi connectivity index (χ1) is 13.6. The van der Waals surface area contributed by atoms with Crippen molar-refractivity contribution in [2.75, 3.05) is 33.4 Å². The Morgan fingerprint density at radius 2 is 1.93 bits per heavy atom. The fourth-order valence-electron chi connectivity index (χ4n) is 3.65. The van der Waals surface area contributed by atoms with Crippen molar-refractivity contribution >= 4 is 11.8 Å². The van der Waals surface area contributed by atoms with Crippen molar-refractivity contribution in [3.63, 3.8) is 0 Å². The Balaban J connectivity index is 1.80. The monoisotopic (exact) mass is 384 g/mol. The van der Waals surface area contributed by atoms with E-state index in [1.54, 1.807) is 18.1 Å². The molecule has 0 aromatic heterocycles. The summed E-state index contributed by atoms with van der Waals surface area (Å²) in [5.74, 6) is -1.07. The van der Waals surface area contributed by atoms with Gasteiger partial charge >= 0.3 is 0 Å². The van der Waals surface area contributed by atoms with Crippen molar-refractivity contribution in [1.29, 1.82) is 0 Å². The number of halogens is 1. The summed E-state index contributed by atoms with van der Waals surface area (Å²) in [7, 11) is 1.58. The summed E-state index contributed by atoms with van der Waals surface area (Å²) in [6.07, 6.45) is 0.662. The quantitative estimate of drug-likeness (QED) is 0.779. The number of likely N-dealkylation sites (tertiary alicyclic amines) is 1. The van der Waals surface area contributed by atoms with Crippen LogP contribution in [0.4, 0.5) is 4.39 Å². The number of carbonyl (C=O) groups is 2. The molecule has 148 valence electrons. The number of hydrogen-bond acceptors (Lipinski definition) is 3. The first-order valence-corrected chi connectivity index (χ1v) is 9.45. The molecule has 2 amide bonds. The molecule has 1 aliphatic rings. The lowest BCUT2D eigenvalue weighted by Crippen LogP contribution is -2.48. The van der Waals surface area contributed by atoms with Gasteiger partial charge in [0.1, 0.15) is 5.82 Å². The second kappa shape index (κ2) is 9.46. The standard InChI is InChI=1S/C22H25FN2O3/c1-28-11-10-24-21(26)19-12-18(16-6-3-2-4-7-16)14-25(15-19)22(27)17-8-5-9-20(23)13-17/h2-9,13,18-19H,10-12,14-15H2,1H3,(H,24,26). The minimum Gasteiger partial charge on any atom is -0.383 e. The van der Waals surface area contributed by atoms with Crippen LogP contribution in [0.25, 0.3) is 0 Å². The molecule has 1 N–H and O–H groups in total. The van der Waals surface area contributed by atoms with Crippen LogP contribution in [-0.2, 0) is 9.53 Å². The molecule has 2 aromatic carbocycles. The number of nitrogens with one attached hydrogen (secondary N) is 1. The number of amides is 2. The second-order valence-corrected chi connectivity index (χ2v) is 7.04. The fourth-order valence-corrected chi connectivity index (χ4v) is 3.65. The predicted molar refractivity (Wildman–Crippen MR) is 104 cm³/mol. The minimum atomic E-state index is -0.448.